The van der Waals surface area contributed by atoms with Crippen molar-refractivity contribution in [2.45, 2.75) is 26.7 Å². The number of anilines is 1. The minimum Gasteiger partial charge on any atom is -0.324 e. The van der Waals surface area contributed by atoms with Crippen molar-refractivity contribution in [2.75, 3.05) is 5.43 Å². The Hall–Kier alpha value is -0.730. The number of benzene rings is 1. The SMILES string of the molecule is CCc1cccc(CC)c1NN.Cl. The van der Waals surface area contributed by atoms with Crippen LogP contribution in [-0.2, 0) is 12.8 Å². The zero-order valence-electron chi connectivity index (χ0n) is 8.13. The summed E-state index contributed by atoms with van der Waals surface area (Å²) < 4.78 is 0. The second-order valence-electron chi connectivity index (χ2n) is 2.80. The lowest BCUT2D eigenvalue weighted by Crippen LogP contribution is -2.11. The Morgan fingerprint density at radius 1 is 1.15 bits per heavy atom. The third-order valence-electron chi connectivity index (χ3n) is 2.14. The van der Waals surface area contributed by atoms with E-state index in [1.54, 1.807) is 0 Å². The van der Waals surface area contributed by atoms with Gasteiger partial charge in [0.25, 0.3) is 0 Å². The first-order valence-corrected chi connectivity index (χ1v) is 4.40. The zero-order valence-corrected chi connectivity index (χ0v) is 8.95. The van der Waals surface area contributed by atoms with E-state index >= 15 is 0 Å². The van der Waals surface area contributed by atoms with Gasteiger partial charge in [-0.15, -0.1) is 12.4 Å². The normalized spacial score (nSPS) is 9.15. The Morgan fingerprint density at radius 2 is 1.62 bits per heavy atom. The van der Waals surface area contributed by atoms with Gasteiger partial charge < -0.3 is 5.43 Å². The van der Waals surface area contributed by atoms with Crippen molar-refractivity contribution in [3.05, 3.63) is 29.3 Å². The van der Waals surface area contributed by atoms with Crippen LogP contribution in [0.2, 0.25) is 0 Å². The number of nitrogens with one attached hydrogen (secondary N) is 1. The Balaban J connectivity index is 0.00000144. The molecule has 0 aliphatic carbocycles. The molecule has 0 fully saturated rings. The van der Waals surface area contributed by atoms with Gasteiger partial charge in [-0.1, -0.05) is 32.0 Å². The summed E-state index contributed by atoms with van der Waals surface area (Å²) >= 11 is 0. The largest absolute Gasteiger partial charge is 0.324 e. The maximum absolute atomic E-state index is 5.45. The van der Waals surface area contributed by atoms with Gasteiger partial charge in [-0.25, -0.2) is 0 Å². The highest BCUT2D eigenvalue weighted by molar-refractivity contribution is 5.85. The molecule has 0 aliphatic heterocycles. The van der Waals surface area contributed by atoms with E-state index in [0.29, 0.717) is 0 Å². The molecular weight excluding hydrogens is 184 g/mol. The summed E-state index contributed by atoms with van der Waals surface area (Å²) in [5, 5.41) is 0. The van der Waals surface area contributed by atoms with Crippen LogP contribution < -0.4 is 11.3 Å². The quantitative estimate of drug-likeness (QED) is 0.581. The highest BCUT2D eigenvalue weighted by atomic mass is 35.5. The van der Waals surface area contributed by atoms with E-state index in [4.69, 9.17) is 5.84 Å². The molecule has 1 rings (SSSR count). The molecule has 0 unspecified atom stereocenters. The van der Waals surface area contributed by atoms with Crippen molar-refractivity contribution in [1.82, 2.24) is 0 Å². The van der Waals surface area contributed by atoms with Crippen molar-refractivity contribution in [1.29, 1.82) is 0 Å². The van der Waals surface area contributed by atoms with Crippen LogP contribution in [-0.4, -0.2) is 0 Å². The van der Waals surface area contributed by atoms with Crippen molar-refractivity contribution in [2.24, 2.45) is 5.84 Å². The second kappa shape index (κ2) is 5.84. The lowest BCUT2D eigenvalue weighted by Gasteiger charge is -2.11. The maximum Gasteiger partial charge on any atom is 0.0548 e. The van der Waals surface area contributed by atoms with E-state index in [9.17, 15) is 0 Å². The molecule has 74 valence electrons. The van der Waals surface area contributed by atoms with Gasteiger partial charge in [-0.05, 0) is 24.0 Å². The summed E-state index contributed by atoms with van der Waals surface area (Å²) in [5.41, 5.74) is 6.44. The van der Waals surface area contributed by atoms with E-state index in [2.05, 4.69) is 37.5 Å². The van der Waals surface area contributed by atoms with Crippen molar-refractivity contribution in [3.63, 3.8) is 0 Å². The van der Waals surface area contributed by atoms with Gasteiger partial charge in [0.1, 0.15) is 0 Å². The molecule has 0 saturated heterocycles. The molecular formula is C10H17ClN2. The van der Waals surface area contributed by atoms with Crippen molar-refractivity contribution >= 4 is 18.1 Å². The van der Waals surface area contributed by atoms with Crippen LogP contribution in [0.4, 0.5) is 5.69 Å². The monoisotopic (exact) mass is 200 g/mol. The minimum atomic E-state index is 0. The molecule has 0 aromatic heterocycles. The van der Waals surface area contributed by atoms with E-state index in [1.807, 2.05) is 0 Å². The molecule has 0 atom stereocenters. The van der Waals surface area contributed by atoms with Crippen molar-refractivity contribution in [3.8, 4) is 0 Å². The van der Waals surface area contributed by atoms with Crippen LogP contribution in [0.25, 0.3) is 0 Å². The molecule has 1 aromatic carbocycles. The van der Waals surface area contributed by atoms with Gasteiger partial charge in [0.15, 0.2) is 0 Å². The predicted molar refractivity (Wildman–Crippen MR) is 60.3 cm³/mol. The first kappa shape index (κ1) is 12.3. The van der Waals surface area contributed by atoms with Gasteiger partial charge in [0.2, 0.25) is 0 Å². The molecule has 0 spiro atoms. The smallest absolute Gasteiger partial charge is 0.0548 e. The van der Waals surface area contributed by atoms with Crippen molar-refractivity contribution < 1.29 is 0 Å². The predicted octanol–water partition coefficient (Wildman–Crippen LogP) is 2.52. The summed E-state index contributed by atoms with van der Waals surface area (Å²) in [6.07, 6.45) is 2.04. The minimum absolute atomic E-state index is 0. The molecule has 0 radical (unpaired) electrons. The van der Waals surface area contributed by atoms with E-state index in [-0.39, 0.29) is 12.4 Å². The van der Waals surface area contributed by atoms with Crippen LogP contribution in [0.3, 0.4) is 0 Å². The fourth-order valence-electron chi connectivity index (χ4n) is 1.43. The molecule has 1 aromatic rings. The van der Waals surface area contributed by atoms with Gasteiger partial charge in [0.05, 0.1) is 5.69 Å². The second-order valence-corrected chi connectivity index (χ2v) is 2.80. The number of hydrogen-bond acceptors (Lipinski definition) is 2. The number of para-hydroxylation sites is 1. The molecule has 3 heteroatoms. The zero-order chi connectivity index (χ0) is 8.97. The molecule has 13 heavy (non-hydrogen) atoms. The van der Waals surface area contributed by atoms with E-state index in [0.717, 1.165) is 18.5 Å². The molecule has 0 aliphatic rings. The Bertz CT molecular complexity index is 239. The summed E-state index contributed by atoms with van der Waals surface area (Å²) in [5.74, 6) is 5.45. The number of hydrazine groups is 1. The van der Waals surface area contributed by atoms with Crippen LogP contribution in [0.1, 0.15) is 25.0 Å². The van der Waals surface area contributed by atoms with Crippen LogP contribution in [0, 0.1) is 0 Å². The summed E-state index contributed by atoms with van der Waals surface area (Å²) in [6, 6.07) is 6.29. The number of hydrogen-bond donors (Lipinski definition) is 2. The van der Waals surface area contributed by atoms with E-state index < -0.39 is 0 Å². The first-order valence-electron chi connectivity index (χ1n) is 4.40. The lowest BCUT2D eigenvalue weighted by atomic mass is 10.0. The number of aryl methyl sites for hydroxylation is 2. The Labute approximate surface area is 85.9 Å². The molecule has 3 N–H and O–H groups in total. The molecule has 0 heterocycles. The number of halogens is 1. The maximum atomic E-state index is 5.45. The standard InChI is InChI=1S/C10H16N2.ClH/c1-3-8-6-5-7-9(4-2)10(8)12-11;/h5-7,12H,3-4,11H2,1-2H3;1H. The van der Waals surface area contributed by atoms with Crippen LogP contribution in [0.15, 0.2) is 18.2 Å². The molecule has 0 amide bonds. The van der Waals surface area contributed by atoms with Gasteiger partial charge >= 0.3 is 0 Å². The molecule has 0 bridgehead atoms. The summed E-state index contributed by atoms with van der Waals surface area (Å²) in [4.78, 5) is 0. The fraction of sp³-hybridized carbons (Fsp3) is 0.400. The molecule has 2 nitrogen and oxygen atoms in total. The van der Waals surface area contributed by atoms with Gasteiger partial charge in [-0.3, -0.25) is 5.84 Å². The number of rotatable bonds is 3. The lowest BCUT2D eigenvalue weighted by molar-refractivity contribution is 1.07. The fourth-order valence-corrected chi connectivity index (χ4v) is 1.43. The summed E-state index contributed by atoms with van der Waals surface area (Å²) in [7, 11) is 0. The highest BCUT2D eigenvalue weighted by Crippen LogP contribution is 2.20. The topological polar surface area (TPSA) is 38.0 Å². The average Bonchev–Trinajstić information content (AvgIpc) is 2.16. The van der Waals surface area contributed by atoms with Crippen LogP contribution in [0.5, 0.6) is 0 Å². The molecule has 0 saturated carbocycles. The Kier molecular flexibility index (Phi) is 5.51. The third-order valence-corrected chi connectivity index (χ3v) is 2.14. The van der Waals surface area contributed by atoms with Gasteiger partial charge in [0, 0.05) is 0 Å². The number of nitrogen functional groups attached to an aromatic ring is 1. The third kappa shape index (κ3) is 2.61. The average molecular weight is 201 g/mol. The van der Waals surface area contributed by atoms with E-state index in [1.165, 1.54) is 11.1 Å². The highest BCUT2D eigenvalue weighted by Gasteiger charge is 2.02. The number of nitrogens with two attached hydrogens (primary N) is 1. The van der Waals surface area contributed by atoms with Crippen LogP contribution >= 0.6 is 12.4 Å². The summed E-state index contributed by atoms with van der Waals surface area (Å²) in [6.45, 7) is 4.27. The van der Waals surface area contributed by atoms with Gasteiger partial charge in [-0.2, -0.15) is 0 Å². The Morgan fingerprint density at radius 3 is 1.92 bits per heavy atom. The first-order chi connectivity index (χ1) is 5.83.